The number of hydrogen-bond acceptors (Lipinski definition) is 4. The molecule has 22 heavy (non-hydrogen) atoms. The minimum atomic E-state index is 0.0915. The summed E-state index contributed by atoms with van der Waals surface area (Å²) in [5.74, 6) is 0. The number of aromatic nitrogens is 3. The van der Waals surface area contributed by atoms with Crippen molar-refractivity contribution < 1.29 is 5.11 Å². The number of nitrogens with one attached hydrogen (secondary N) is 1. The van der Waals surface area contributed by atoms with Crippen molar-refractivity contribution in [3.8, 4) is 11.1 Å². The van der Waals surface area contributed by atoms with Gasteiger partial charge in [0.1, 0.15) is 0 Å². The molecule has 2 aromatic heterocycles. The van der Waals surface area contributed by atoms with E-state index >= 15 is 0 Å². The fraction of sp³-hybridized carbons (Fsp3) is 0.176. The lowest BCUT2D eigenvalue weighted by atomic mass is 10.0. The summed E-state index contributed by atoms with van der Waals surface area (Å²) in [7, 11) is 0. The molecule has 2 heterocycles. The summed E-state index contributed by atoms with van der Waals surface area (Å²) >= 11 is 0. The first kappa shape index (κ1) is 14.3. The Labute approximate surface area is 129 Å². The first-order valence-corrected chi connectivity index (χ1v) is 7.22. The molecule has 0 atom stereocenters. The van der Waals surface area contributed by atoms with Crippen LogP contribution in [0.4, 0.5) is 5.69 Å². The number of aliphatic hydroxyl groups excluding tert-OH is 1. The Kier molecular flexibility index (Phi) is 4.46. The normalized spacial score (nSPS) is 10.6. The zero-order valence-electron chi connectivity index (χ0n) is 12.2. The standard InChI is InChI=1S/C17H18N4O/c22-8-7-21-13-17(12-20-21)19-10-14-3-1-4-15(9-14)16-5-2-6-18-11-16/h1-6,9,11-13,19,22H,7-8,10H2. The van der Waals surface area contributed by atoms with Crippen LogP contribution in [0.5, 0.6) is 0 Å². The molecule has 0 saturated carbocycles. The van der Waals surface area contributed by atoms with Gasteiger partial charge in [-0.15, -0.1) is 0 Å². The van der Waals surface area contributed by atoms with Crippen molar-refractivity contribution in [1.29, 1.82) is 0 Å². The van der Waals surface area contributed by atoms with Crippen molar-refractivity contribution >= 4 is 5.69 Å². The molecule has 0 aliphatic rings. The second-order valence-electron chi connectivity index (χ2n) is 5.01. The van der Waals surface area contributed by atoms with Crippen LogP contribution in [0.3, 0.4) is 0 Å². The first-order valence-electron chi connectivity index (χ1n) is 7.22. The van der Waals surface area contributed by atoms with Crippen LogP contribution in [0.1, 0.15) is 5.56 Å². The Balaban J connectivity index is 1.67. The lowest BCUT2D eigenvalue weighted by Crippen LogP contribution is -2.02. The van der Waals surface area contributed by atoms with Crippen molar-refractivity contribution in [2.75, 3.05) is 11.9 Å². The van der Waals surface area contributed by atoms with Gasteiger partial charge >= 0.3 is 0 Å². The van der Waals surface area contributed by atoms with Gasteiger partial charge in [0.15, 0.2) is 0 Å². The molecule has 3 aromatic rings. The summed E-state index contributed by atoms with van der Waals surface area (Å²) in [6.07, 6.45) is 7.30. The third kappa shape index (κ3) is 3.51. The van der Waals surface area contributed by atoms with E-state index in [1.807, 2.05) is 18.5 Å². The Morgan fingerprint density at radius 1 is 1.09 bits per heavy atom. The van der Waals surface area contributed by atoms with Crippen LogP contribution < -0.4 is 5.32 Å². The molecule has 0 aliphatic heterocycles. The number of anilines is 1. The van der Waals surface area contributed by atoms with Crippen molar-refractivity contribution in [1.82, 2.24) is 14.8 Å². The fourth-order valence-corrected chi connectivity index (χ4v) is 2.28. The van der Waals surface area contributed by atoms with Crippen LogP contribution in [-0.4, -0.2) is 26.5 Å². The van der Waals surface area contributed by atoms with E-state index in [-0.39, 0.29) is 6.61 Å². The molecule has 0 spiro atoms. The van der Waals surface area contributed by atoms with Crippen LogP contribution in [0, 0.1) is 0 Å². The zero-order valence-corrected chi connectivity index (χ0v) is 12.2. The summed E-state index contributed by atoms with van der Waals surface area (Å²) in [6.45, 7) is 1.32. The van der Waals surface area contributed by atoms with Crippen LogP contribution in [0.25, 0.3) is 11.1 Å². The van der Waals surface area contributed by atoms with Crippen molar-refractivity contribution in [3.05, 3.63) is 66.7 Å². The first-order chi connectivity index (χ1) is 10.8. The highest BCUT2D eigenvalue weighted by molar-refractivity contribution is 5.63. The SMILES string of the molecule is OCCn1cc(NCc2cccc(-c3cccnc3)c2)cn1. The van der Waals surface area contributed by atoms with Gasteiger partial charge in [-0.05, 0) is 28.8 Å². The predicted molar refractivity (Wildman–Crippen MR) is 86.3 cm³/mol. The number of aliphatic hydroxyl groups is 1. The summed E-state index contributed by atoms with van der Waals surface area (Å²) in [6, 6.07) is 12.4. The minimum absolute atomic E-state index is 0.0915. The van der Waals surface area contributed by atoms with E-state index < -0.39 is 0 Å². The highest BCUT2D eigenvalue weighted by Crippen LogP contribution is 2.19. The Morgan fingerprint density at radius 3 is 2.82 bits per heavy atom. The molecule has 0 aliphatic carbocycles. The quantitative estimate of drug-likeness (QED) is 0.733. The largest absolute Gasteiger partial charge is 0.394 e. The van der Waals surface area contributed by atoms with E-state index in [4.69, 9.17) is 5.11 Å². The molecule has 0 amide bonds. The fourth-order valence-electron chi connectivity index (χ4n) is 2.28. The maximum Gasteiger partial charge on any atom is 0.0729 e. The number of nitrogens with zero attached hydrogens (tertiary/aromatic N) is 3. The number of benzene rings is 1. The average Bonchev–Trinajstić information content (AvgIpc) is 3.02. The number of pyridine rings is 1. The van der Waals surface area contributed by atoms with E-state index in [9.17, 15) is 0 Å². The molecule has 0 bridgehead atoms. The van der Waals surface area contributed by atoms with Crippen LogP contribution in [0.2, 0.25) is 0 Å². The second-order valence-corrected chi connectivity index (χ2v) is 5.01. The Hall–Kier alpha value is -2.66. The van der Waals surface area contributed by atoms with Gasteiger partial charge in [0.2, 0.25) is 0 Å². The third-order valence-electron chi connectivity index (χ3n) is 3.38. The molecule has 2 N–H and O–H groups in total. The average molecular weight is 294 g/mol. The monoisotopic (exact) mass is 294 g/mol. The Morgan fingerprint density at radius 2 is 2.00 bits per heavy atom. The third-order valence-corrected chi connectivity index (χ3v) is 3.38. The van der Waals surface area contributed by atoms with E-state index in [1.165, 1.54) is 5.56 Å². The van der Waals surface area contributed by atoms with Gasteiger partial charge in [0.25, 0.3) is 0 Å². The van der Waals surface area contributed by atoms with Gasteiger partial charge in [-0.3, -0.25) is 9.67 Å². The van der Waals surface area contributed by atoms with Crippen LogP contribution in [-0.2, 0) is 13.1 Å². The van der Waals surface area contributed by atoms with Gasteiger partial charge in [-0.25, -0.2) is 0 Å². The smallest absolute Gasteiger partial charge is 0.0729 e. The van der Waals surface area contributed by atoms with Crippen molar-refractivity contribution in [3.63, 3.8) is 0 Å². The molecule has 0 radical (unpaired) electrons. The Bertz CT molecular complexity index is 724. The van der Waals surface area contributed by atoms with Gasteiger partial charge in [0.05, 0.1) is 25.0 Å². The molecule has 0 fully saturated rings. The van der Waals surface area contributed by atoms with E-state index in [0.717, 1.165) is 23.4 Å². The summed E-state index contributed by atoms with van der Waals surface area (Å²) in [5, 5.41) is 16.4. The van der Waals surface area contributed by atoms with Crippen molar-refractivity contribution in [2.45, 2.75) is 13.1 Å². The molecule has 0 saturated heterocycles. The highest BCUT2D eigenvalue weighted by Gasteiger charge is 2.01. The molecule has 0 unspecified atom stereocenters. The maximum atomic E-state index is 8.89. The lowest BCUT2D eigenvalue weighted by Gasteiger charge is -2.07. The zero-order chi connectivity index (χ0) is 15.2. The number of rotatable bonds is 6. The van der Waals surface area contributed by atoms with Crippen molar-refractivity contribution in [2.24, 2.45) is 0 Å². The van der Waals surface area contributed by atoms with E-state index in [1.54, 1.807) is 17.1 Å². The summed E-state index contributed by atoms with van der Waals surface area (Å²) in [4.78, 5) is 4.16. The van der Waals surface area contributed by atoms with Gasteiger partial charge in [0, 0.05) is 25.1 Å². The van der Waals surface area contributed by atoms with Gasteiger partial charge < -0.3 is 10.4 Å². The van der Waals surface area contributed by atoms with Crippen LogP contribution in [0.15, 0.2) is 61.2 Å². The lowest BCUT2D eigenvalue weighted by molar-refractivity contribution is 0.269. The predicted octanol–water partition coefficient (Wildman–Crippen LogP) is 2.55. The van der Waals surface area contributed by atoms with Gasteiger partial charge in [-0.2, -0.15) is 5.10 Å². The minimum Gasteiger partial charge on any atom is -0.394 e. The maximum absolute atomic E-state index is 8.89. The number of hydrogen-bond donors (Lipinski definition) is 2. The molecule has 3 rings (SSSR count). The molecule has 5 heteroatoms. The topological polar surface area (TPSA) is 63.0 Å². The molecule has 5 nitrogen and oxygen atoms in total. The molecular weight excluding hydrogens is 276 g/mol. The molecule has 1 aromatic carbocycles. The summed E-state index contributed by atoms with van der Waals surface area (Å²) in [5.41, 5.74) is 4.40. The highest BCUT2D eigenvalue weighted by atomic mass is 16.3. The van der Waals surface area contributed by atoms with E-state index in [0.29, 0.717) is 6.54 Å². The molecule has 112 valence electrons. The molecular formula is C17H18N4O. The van der Waals surface area contributed by atoms with Crippen LogP contribution >= 0.6 is 0 Å². The van der Waals surface area contributed by atoms with Gasteiger partial charge in [-0.1, -0.05) is 24.3 Å². The summed E-state index contributed by atoms with van der Waals surface area (Å²) < 4.78 is 1.72. The van der Waals surface area contributed by atoms with E-state index in [2.05, 4.69) is 45.7 Å². The second kappa shape index (κ2) is 6.87.